The molecule has 186 valence electrons. The van der Waals surface area contributed by atoms with Crippen LogP contribution in [0.4, 0.5) is 13.2 Å². The molecule has 4 nitrogen and oxygen atoms in total. The fourth-order valence-corrected chi connectivity index (χ4v) is 4.76. The quantitative estimate of drug-likeness (QED) is 0.405. The summed E-state index contributed by atoms with van der Waals surface area (Å²) in [5.41, 5.74) is 2.43. The van der Waals surface area contributed by atoms with Gasteiger partial charge < -0.3 is 4.57 Å². The van der Waals surface area contributed by atoms with Gasteiger partial charge in [0.25, 0.3) is 0 Å². The molecule has 0 bridgehead atoms. The Labute approximate surface area is 200 Å². The highest BCUT2D eigenvalue weighted by Crippen LogP contribution is 2.39. The van der Waals surface area contributed by atoms with Crippen LogP contribution < -0.4 is 4.72 Å². The molecule has 1 N–H and O–H groups in total. The van der Waals surface area contributed by atoms with Crippen LogP contribution in [0, 0.1) is 12.3 Å². The summed E-state index contributed by atoms with van der Waals surface area (Å²) in [7, 11) is -3.38. The minimum absolute atomic E-state index is 0.0324. The van der Waals surface area contributed by atoms with Crippen LogP contribution in [0.15, 0.2) is 42.6 Å². The third kappa shape index (κ3) is 6.02. The van der Waals surface area contributed by atoms with Gasteiger partial charge in [0.1, 0.15) is 0 Å². The SMILES string of the molecule is Cc1ccc(-c2ccc3c(c2)c(CC(C)(C)C)cn3CCNS(=O)(=O)C(C)C)c(C(F)(F)F)c1. The highest BCUT2D eigenvalue weighted by atomic mass is 32.2. The first-order valence-electron chi connectivity index (χ1n) is 11.4. The molecule has 3 rings (SSSR count). The summed E-state index contributed by atoms with van der Waals surface area (Å²) in [6.45, 7) is 11.9. The Kier molecular flexibility index (Phi) is 7.25. The number of rotatable bonds is 7. The number of halogens is 3. The summed E-state index contributed by atoms with van der Waals surface area (Å²) in [6.07, 6.45) is -1.73. The summed E-state index contributed by atoms with van der Waals surface area (Å²) in [5, 5.41) is 0.359. The van der Waals surface area contributed by atoms with Gasteiger partial charge in [-0.2, -0.15) is 13.2 Å². The van der Waals surface area contributed by atoms with Crippen LogP contribution in [0.1, 0.15) is 51.3 Å². The third-order valence-electron chi connectivity index (χ3n) is 5.75. The molecular weight excluding hydrogens is 461 g/mol. The number of fused-ring (bicyclic) bond motifs is 1. The van der Waals surface area contributed by atoms with Crippen molar-refractivity contribution < 1.29 is 21.6 Å². The van der Waals surface area contributed by atoms with Gasteiger partial charge in [-0.15, -0.1) is 0 Å². The van der Waals surface area contributed by atoms with E-state index in [0.717, 1.165) is 22.9 Å². The molecule has 0 aliphatic heterocycles. The average molecular weight is 495 g/mol. The molecule has 0 unspecified atom stereocenters. The van der Waals surface area contributed by atoms with Gasteiger partial charge in [-0.25, -0.2) is 13.1 Å². The lowest BCUT2D eigenvalue weighted by molar-refractivity contribution is -0.137. The number of alkyl halides is 3. The second-order valence-corrected chi connectivity index (χ2v) is 12.7. The molecule has 1 aromatic heterocycles. The number of sulfonamides is 1. The highest BCUT2D eigenvalue weighted by Gasteiger charge is 2.34. The van der Waals surface area contributed by atoms with Crippen molar-refractivity contribution in [1.29, 1.82) is 0 Å². The van der Waals surface area contributed by atoms with Crippen LogP contribution in [-0.4, -0.2) is 24.8 Å². The zero-order valence-corrected chi connectivity index (χ0v) is 21.4. The lowest BCUT2D eigenvalue weighted by Crippen LogP contribution is -2.33. The van der Waals surface area contributed by atoms with Gasteiger partial charge >= 0.3 is 6.18 Å². The minimum Gasteiger partial charge on any atom is -0.346 e. The average Bonchev–Trinajstić information content (AvgIpc) is 3.02. The maximum Gasteiger partial charge on any atom is 0.417 e. The molecule has 0 fully saturated rings. The van der Waals surface area contributed by atoms with E-state index in [9.17, 15) is 21.6 Å². The third-order valence-corrected chi connectivity index (χ3v) is 7.60. The minimum atomic E-state index is -4.45. The summed E-state index contributed by atoms with van der Waals surface area (Å²) in [4.78, 5) is 0. The van der Waals surface area contributed by atoms with Gasteiger partial charge in [0.15, 0.2) is 0 Å². The van der Waals surface area contributed by atoms with Gasteiger partial charge in [0, 0.05) is 30.2 Å². The molecule has 0 atom stereocenters. The molecule has 0 amide bonds. The Morgan fingerprint density at radius 3 is 2.29 bits per heavy atom. The number of nitrogens with zero attached hydrogens (tertiary/aromatic N) is 1. The zero-order chi connectivity index (χ0) is 25.5. The normalized spacial score (nSPS) is 13.2. The number of benzene rings is 2. The second-order valence-electron chi connectivity index (χ2n) is 10.4. The fourth-order valence-electron chi connectivity index (χ4n) is 4.06. The van der Waals surface area contributed by atoms with Crippen LogP contribution in [0.25, 0.3) is 22.0 Å². The summed E-state index contributed by atoms with van der Waals surface area (Å²) >= 11 is 0. The molecule has 0 saturated heterocycles. The van der Waals surface area contributed by atoms with Crippen LogP contribution in [-0.2, 0) is 29.2 Å². The maximum atomic E-state index is 13.8. The van der Waals surface area contributed by atoms with Crippen molar-refractivity contribution in [3.05, 3.63) is 59.3 Å². The predicted molar refractivity (Wildman–Crippen MR) is 132 cm³/mol. The Balaban J connectivity index is 2.07. The highest BCUT2D eigenvalue weighted by molar-refractivity contribution is 7.90. The molecule has 8 heteroatoms. The van der Waals surface area contributed by atoms with Crippen molar-refractivity contribution in [2.75, 3.05) is 6.54 Å². The van der Waals surface area contributed by atoms with Crippen LogP contribution in [0.2, 0.25) is 0 Å². The van der Waals surface area contributed by atoms with E-state index in [1.807, 2.05) is 22.9 Å². The maximum absolute atomic E-state index is 13.8. The van der Waals surface area contributed by atoms with E-state index < -0.39 is 27.0 Å². The number of aryl methyl sites for hydroxylation is 1. The lowest BCUT2D eigenvalue weighted by Gasteiger charge is -2.17. The zero-order valence-electron chi connectivity index (χ0n) is 20.5. The number of hydrogen-bond acceptors (Lipinski definition) is 2. The predicted octanol–water partition coefficient (Wildman–Crippen LogP) is 6.55. The molecule has 0 radical (unpaired) electrons. The van der Waals surface area contributed by atoms with Crippen molar-refractivity contribution in [3.8, 4) is 11.1 Å². The van der Waals surface area contributed by atoms with Gasteiger partial charge in [0.05, 0.1) is 10.8 Å². The van der Waals surface area contributed by atoms with E-state index in [4.69, 9.17) is 0 Å². The van der Waals surface area contributed by atoms with Gasteiger partial charge in [-0.3, -0.25) is 0 Å². The summed E-state index contributed by atoms with van der Waals surface area (Å²) < 4.78 is 70.1. The Morgan fingerprint density at radius 2 is 1.71 bits per heavy atom. The number of nitrogens with one attached hydrogen (secondary N) is 1. The molecule has 34 heavy (non-hydrogen) atoms. The van der Waals surface area contributed by atoms with Crippen molar-refractivity contribution in [2.45, 2.75) is 65.9 Å². The van der Waals surface area contributed by atoms with Crippen molar-refractivity contribution in [2.24, 2.45) is 5.41 Å². The van der Waals surface area contributed by atoms with Gasteiger partial charge in [-0.05, 0) is 67.5 Å². The van der Waals surface area contributed by atoms with Crippen molar-refractivity contribution in [3.63, 3.8) is 0 Å². The molecule has 0 aliphatic rings. The Morgan fingerprint density at radius 1 is 1.03 bits per heavy atom. The number of hydrogen-bond donors (Lipinski definition) is 1. The molecular formula is C26H33F3N2O2S. The lowest BCUT2D eigenvalue weighted by atomic mass is 9.87. The Bertz CT molecular complexity index is 1280. The monoisotopic (exact) mass is 494 g/mol. The smallest absolute Gasteiger partial charge is 0.346 e. The topological polar surface area (TPSA) is 51.1 Å². The van der Waals surface area contributed by atoms with E-state index in [0.29, 0.717) is 17.7 Å². The van der Waals surface area contributed by atoms with Crippen molar-refractivity contribution >= 4 is 20.9 Å². The molecule has 2 aromatic carbocycles. The van der Waals surface area contributed by atoms with E-state index in [2.05, 4.69) is 25.5 Å². The van der Waals surface area contributed by atoms with E-state index in [1.165, 1.54) is 12.1 Å². The van der Waals surface area contributed by atoms with E-state index in [-0.39, 0.29) is 17.5 Å². The number of aromatic nitrogens is 1. The standard InChI is InChI=1S/C26H33F3N2O2S/c1-17(2)34(32,33)30-11-12-31-16-20(15-25(4,5)6)22-14-19(8-10-24(22)31)21-9-7-18(3)13-23(21)26(27,28)29/h7-10,13-14,16-17,30H,11-12,15H2,1-6H3. The second kappa shape index (κ2) is 9.38. The largest absolute Gasteiger partial charge is 0.417 e. The molecule has 0 spiro atoms. The van der Waals surface area contributed by atoms with Gasteiger partial charge in [0.2, 0.25) is 10.0 Å². The Hall–Kier alpha value is -2.32. The van der Waals surface area contributed by atoms with E-state index in [1.54, 1.807) is 32.9 Å². The molecule has 0 saturated carbocycles. The van der Waals surface area contributed by atoms with Crippen LogP contribution in [0.5, 0.6) is 0 Å². The van der Waals surface area contributed by atoms with Crippen LogP contribution >= 0.6 is 0 Å². The fraction of sp³-hybridized carbons (Fsp3) is 0.462. The first-order chi connectivity index (χ1) is 15.6. The van der Waals surface area contributed by atoms with Crippen molar-refractivity contribution in [1.82, 2.24) is 9.29 Å². The van der Waals surface area contributed by atoms with E-state index >= 15 is 0 Å². The molecule has 0 aliphatic carbocycles. The van der Waals surface area contributed by atoms with Crippen LogP contribution in [0.3, 0.4) is 0 Å². The molecule has 1 heterocycles. The summed E-state index contributed by atoms with van der Waals surface area (Å²) in [6, 6.07) is 9.76. The summed E-state index contributed by atoms with van der Waals surface area (Å²) in [5.74, 6) is 0. The first-order valence-corrected chi connectivity index (χ1v) is 12.9. The first kappa shape index (κ1) is 26.3. The van der Waals surface area contributed by atoms with Gasteiger partial charge in [-0.1, -0.05) is 44.5 Å². The molecule has 3 aromatic rings.